The van der Waals surface area contributed by atoms with Crippen LogP contribution in [0.1, 0.15) is 20.8 Å². The molecule has 0 saturated heterocycles. The lowest BCUT2D eigenvalue weighted by Crippen LogP contribution is -2.50. The normalized spacial score (nSPS) is 13.8. The van der Waals surface area contributed by atoms with E-state index in [0.29, 0.717) is 0 Å². The van der Waals surface area contributed by atoms with E-state index < -0.39 is 7.94 Å². The van der Waals surface area contributed by atoms with Crippen LogP contribution in [0.15, 0.2) is 0 Å². The van der Waals surface area contributed by atoms with Gasteiger partial charge in [0.15, 0.2) is 7.01 Å². The molecule has 3 heteroatoms. The molecular weight excluding hydrogens is 149 g/mol. The first-order valence-corrected chi connectivity index (χ1v) is 7.80. The average Bonchev–Trinajstić information content (AvgIpc) is 1.56. The highest BCUT2D eigenvalue weighted by molar-refractivity contribution is 7.22. The Kier molecular flexibility index (Phi) is 3.39. The van der Waals surface area contributed by atoms with Crippen molar-refractivity contribution >= 4 is 15.0 Å². The molecule has 0 aliphatic rings. The Bertz CT molecular complexity index is 123. The zero-order valence-corrected chi connectivity index (χ0v) is 10.0. The highest BCUT2D eigenvalue weighted by atomic mass is 28.3. The third-order valence-electron chi connectivity index (χ3n) is 1.64. The predicted octanol–water partition coefficient (Wildman–Crippen LogP) is 2.17. The van der Waals surface area contributed by atoms with Crippen molar-refractivity contribution in [1.29, 1.82) is 0 Å². The molecule has 1 radical (unpaired) electrons. The Morgan fingerprint density at radius 1 is 1.09 bits per heavy atom. The van der Waals surface area contributed by atoms with Crippen LogP contribution >= 0.6 is 0 Å². The minimum atomic E-state index is -1.03. The van der Waals surface area contributed by atoms with Gasteiger partial charge >= 0.3 is 0 Å². The summed E-state index contributed by atoms with van der Waals surface area (Å²) < 4.78 is 0. The zero-order valence-electron chi connectivity index (χ0n) is 9.02. The first-order chi connectivity index (χ1) is 4.63. The molecule has 0 rings (SSSR count). The van der Waals surface area contributed by atoms with Gasteiger partial charge in [-0.3, -0.25) is 0 Å². The molecule has 0 aromatic carbocycles. The summed E-state index contributed by atoms with van der Waals surface area (Å²) in [4.78, 5) is 2.33. The number of hydrogen-bond acceptors (Lipinski definition) is 1. The molecular formula is C8H21BNSi. The Morgan fingerprint density at radius 2 is 1.45 bits per heavy atom. The summed E-state index contributed by atoms with van der Waals surface area (Å²) in [5.41, 5.74) is 0.278. The van der Waals surface area contributed by atoms with Gasteiger partial charge in [0, 0.05) is 13.5 Å². The largest absolute Gasteiger partial charge is 0.348 e. The Balaban J connectivity index is 3.99. The summed E-state index contributed by atoms with van der Waals surface area (Å²) in [6, 6.07) is 0. The van der Waals surface area contributed by atoms with Gasteiger partial charge in [0.05, 0.1) is 0 Å². The minimum absolute atomic E-state index is 0.278. The number of rotatable bonds is 2. The summed E-state index contributed by atoms with van der Waals surface area (Å²) in [6.45, 7) is 13.8. The van der Waals surface area contributed by atoms with E-state index in [0.717, 1.165) is 0 Å². The van der Waals surface area contributed by atoms with Gasteiger partial charge in [-0.05, 0) is 27.8 Å². The fourth-order valence-corrected chi connectivity index (χ4v) is 2.32. The minimum Gasteiger partial charge on any atom is -0.348 e. The third kappa shape index (κ3) is 5.50. The van der Waals surface area contributed by atoms with Crippen molar-refractivity contribution in [3.8, 4) is 0 Å². The first-order valence-electron chi connectivity index (χ1n) is 4.22. The fraction of sp³-hybridized carbons (Fsp3) is 1.00. The van der Waals surface area contributed by atoms with Gasteiger partial charge in [-0.15, -0.1) is 0 Å². The molecule has 0 aliphatic heterocycles. The second-order valence-electron chi connectivity index (χ2n) is 5.28. The van der Waals surface area contributed by atoms with Gasteiger partial charge in [-0.2, -0.15) is 0 Å². The quantitative estimate of drug-likeness (QED) is 0.574. The van der Waals surface area contributed by atoms with E-state index >= 15 is 0 Å². The second kappa shape index (κ2) is 3.32. The lowest BCUT2D eigenvalue weighted by molar-refractivity contribution is 0.303. The van der Waals surface area contributed by atoms with Crippen LogP contribution in [0, 0.1) is 0 Å². The molecule has 0 unspecified atom stereocenters. The summed E-state index contributed by atoms with van der Waals surface area (Å²) in [5.74, 6) is 0. The van der Waals surface area contributed by atoms with Gasteiger partial charge in [0.2, 0.25) is 0 Å². The van der Waals surface area contributed by atoms with Crippen molar-refractivity contribution in [1.82, 2.24) is 4.81 Å². The Morgan fingerprint density at radius 3 is 1.55 bits per heavy atom. The highest BCUT2D eigenvalue weighted by Crippen LogP contribution is 2.11. The van der Waals surface area contributed by atoms with Crippen molar-refractivity contribution in [2.45, 2.75) is 46.0 Å². The van der Waals surface area contributed by atoms with Crippen LogP contribution in [0.2, 0.25) is 19.6 Å². The van der Waals surface area contributed by atoms with Crippen LogP contribution in [0.4, 0.5) is 0 Å². The highest BCUT2D eigenvalue weighted by Gasteiger charge is 2.24. The maximum absolute atomic E-state index is 2.41. The monoisotopic (exact) mass is 170 g/mol. The second-order valence-corrected chi connectivity index (χ2v) is 10.3. The first kappa shape index (κ1) is 11.2. The molecule has 0 amide bonds. The molecule has 0 N–H and O–H groups in total. The van der Waals surface area contributed by atoms with Crippen molar-refractivity contribution in [2.24, 2.45) is 0 Å². The number of hydrogen-bond donors (Lipinski definition) is 0. The molecule has 0 saturated carbocycles. The maximum Gasteiger partial charge on any atom is 0.197 e. The van der Waals surface area contributed by atoms with E-state index in [9.17, 15) is 0 Å². The van der Waals surface area contributed by atoms with Crippen molar-refractivity contribution in [3.63, 3.8) is 0 Å². The topological polar surface area (TPSA) is 3.24 Å². The van der Waals surface area contributed by atoms with E-state index in [1.54, 1.807) is 0 Å². The molecule has 0 spiro atoms. The van der Waals surface area contributed by atoms with Crippen molar-refractivity contribution in [3.05, 3.63) is 0 Å². The van der Waals surface area contributed by atoms with Gasteiger partial charge in [-0.25, -0.2) is 0 Å². The summed E-state index contributed by atoms with van der Waals surface area (Å²) in [7, 11) is 3.55. The van der Waals surface area contributed by atoms with Crippen LogP contribution in [0.5, 0.6) is 0 Å². The molecule has 1 nitrogen and oxygen atoms in total. The molecule has 65 valence electrons. The molecule has 0 bridgehead atoms. The van der Waals surface area contributed by atoms with Crippen LogP contribution in [-0.4, -0.2) is 32.3 Å². The summed E-state index contributed by atoms with van der Waals surface area (Å²) in [6.07, 6.45) is 0. The van der Waals surface area contributed by atoms with E-state index in [1.165, 1.54) is 0 Å². The van der Waals surface area contributed by atoms with E-state index in [1.807, 2.05) is 0 Å². The zero-order chi connectivity index (χ0) is 9.28. The Labute approximate surface area is 73.4 Å². The fourth-order valence-electron chi connectivity index (χ4n) is 0.775. The molecule has 0 aromatic heterocycles. The lowest BCUT2D eigenvalue weighted by Gasteiger charge is -2.35. The molecule has 11 heavy (non-hydrogen) atoms. The summed E-state index contributed by atoms with van der Waals surface area (Å²) >= 11 is 0. The van der Waals surface area contributed by atoms with Crippen LogP contribution in [-0.2, 0) is 0 Å². The standard InChI is InChI=1S/C8H21BNSi/c1-8(2,3)10(4)9-11(5,6)7/h1-7H3. The van der Waals surface area contributed by atoms with Gasteiger partial charge < -0.3 is 4.81 Å². The van der Waals surface area contributed by atoms with E-state index in [4.69, 9.17) is 0 Å². The van der Waals surface area contributed by atoms with Crippen molar-refractivity contribution < 1.29 is 0 Å². The summed E-state index contributed by atoms with van der Waals surface area (Å²) in [5, 5.41) is 0. The van der Waals surface area contributed by atoms with Gasteiger partial charge in [0.25, 0.3) is 0 Å². The maximum atomic E-state index is 2.41. The van der Waals surface area contributed by atoms with Gasteiger partial charge in [-0.1, -0.05) is 19.6 Å². The predicted molar refractivity (Wildman–Crippen MR) is 56.6 cm³/mol. The van der Waals surface area contributed by atoms with Crippen molar-refractivity contribution in [2.75, 3.05) is 7.05 Å². The van der Waals surface area contributed by atoms with Gasteiger partial charge in [0.1, 0.15) is 0 Å². The van der Waals surface area contributed by atoms with Crippen LogP contribution in [0.3, 0.4) is 0 Å². The van der Waals surface area contributed by atoms with E-state index in [-0.39, 0.29) is 5.54 Å². The van der Waals surface area contributed by atoms with Crippen LogP contribution < -0.4 is 0 Å². The number of nitrogens with zero attached hydrogens (tertiary/aromatic N) is 1. The third-order valence-corrected chi connectivity index (χ3v) is 2.80. The molecule has 0 heterocycles. The lowest BCUT2D eigenvalue weighted by atomic mass is 10.0. The van der Waals surface area contributed by atoms with E-state index in [2.05, 4.69) is 59.3 Å². The average molecular weight is 170 g/mol. The molecule has 0 aliphatic carbocycles. The molecule has 0 aromatic rings. The SMILES string of the molecule is CN([B][Si](C)(C)C)C(C)(C)C. The van der Waals surface area contributed by atoms with Crippen LogP contribution in [0.25, 0.3) is 0 Å². The molecule has 0 atom stereocenters. The smallest absolute Gasteiger partial charge is 0.197 e. The molecule has 0 fully saturated rings. The Hall–Kier alpha value is 0.242.